The Bertz CT molecular complexity index is 560. The Morgan fingerprint density at radius 2 is 2.47 bits per heavy atom. The Balaban J connectivity index is 1.94. The van der Waals surface area contributed by atoms with Crippen molar-refractivity contribution in [3.05, 3.63) is 38.3 Å². The molecule has 0 fully saturated rings. The molecule has 0 aromatic carbocycles. The summed E-state index contributed by atoms with van der Waals surface area (Å²) in [6.45, 7) is 1.83. The molecule has 88 valence electrons. The van der Waals surface area contributed by atoms with Crippen LogP contribution in [-0.4, -0.2) is 22.3 Å². The van der Waals surface area contributed by atoms with Gasteiger partial charge in [0.15, 0.2) is 5.69 Å². The van der Waals surface area contributed by atoms with Gasteiger partial charge in [0, 0.05) is 20.4 Å². The number of hydrogen-bond acceptors (Lipinski definition) is 4. The van der Waals surface area contributed by atoms with Crippen LogP contribution in [0.15, 0.2) is 27.1 Å². The average molecular weight is 313 g/mol. The maximum atomic E-state index is 11.5. The summed E-state index contributed by atoms with van der Waals surface area (Å²) in [4.78, 5) is 12.5. The number of carbonyl (C=O) groups is 1. The monoisotopic (exact) mass is 312 g/mol. The van der Waals surface area contributed by atoms with Crippen molar-refractivity contribution < 1.29 is 4.79 Å². The number of hydrogen-bond donors (Lipinski definition) is 2. The third-order valence-corrected chi connectivity index (χ3v) is 3.51. The van der Waals surface area contributed by atoms with Gasteiger partial charge in [-0.2, -0.15) is 10.2 Å². The highest BCUT2D eigenvalue weighted by Gasteiger charge is 2.07. The summed E-state index contributed by atoms with van der Waals surface area (Å²) >= 11 is 4.87. The van der Waals surface area contributed by atoms with Gasteiger partial charge in [0.25, 0.3) is 5.91 Å². The van der Waals surface area contributed by atoms with Crippen molar-refractivity contribution in [1.29, 1.82) is 0 Å². The Hall–Kier alpha value is -1.47. The second-order valence-corrected chi connectivity index (χ2v) is 5.16. The lowest BCUT2D eigenvalue weighted by Crippen LogP contribution is -2.17. The summed E-state index contributed by atoms with van der Waals surface area (Å²) in [5, 5.41) is 12.3. The summed E-state index contributed by atoms with van der Waals surface area (Å²) in [6.07, 6.45) is 1.59. The van der Waals surface area contributed by atoms with E-state index in [1.165, 1.54) is 11.3 Å². The molecule has 0 bridgehead atoms. The number of hydrazone groups is 1. The topological polar surface area (TPSA) is 70.1 Å². The molecule has 1 amide bonds. The summed E-state index contributed by atoms with van der Waals surface area (Å²) in [5.74, 6) is -0.332. The van der Waals surface area contributed by atoms with Crippen LogP contribution >= 0.6 is 27.3 Å². The van der Waals surface area contributed by atoms with E-state index < -0.39 is 0 Å². The predicted octanol–water partition coefficient (Wildman–Crippen LogP) is 2.31. The van der Waals surface area contributed by atoms with Crippen molar-refractivity contribution >= 4 is 39.4 Å². The number of halogens is 1. The molecule has 7 heteroatoms. The third-order valence-electron chi connectivity index (χ3n) is 1.88. The summed E-state index contributed by atoms with van der Waals surface area (Å²) < 4.78 is 0.998. The Kier molecular flexibility index (Phi) is 3.70. The zero-order valence-corrected chi connectivity index (χ0v) is 11.3. The van der Waals surface area contributed by atoms with E-state index in [1.54, 1.807) is 12.3 Å². The van der Waals surface area contributed by atoms with Crippen molar-refractivity contribution in [1.82, 2.24) is 15.6 Å². The molecule has 0 aliphatic heterocycles. The molecule has 0 unspecified atom stereocenters. The van der Waals surface area contributed by atoms with Crippen LogP contribution in [0.1, 0.15) is 21.1 Å². The van der Waals surface area contributed by atoms with Crippen LogP contribution in [0.2, 0.25) is 0 Å². The van der Waals surface area contributed by atoms with Gasteiger partial charge in [0.2, 0.25) is 0 Å². The molecule has 5 nitrogen and oxygen atoms in total. The number of aromatic nitrogens is 2. The summed E-state index contributed by atoms with van der Waals surface area (Å²) in [6, 6.07) is 3.57. The first kappa shape index (κ1) is 12.0. The lowest BCUT2D eigenvalue weighted by molar-refractivity contribution is 0.0950. The molecule has 0 saturated carbocycles. The summed E-state index contributed by atoms with van der Waals surface area (Å²) in [5.41, 5.74) is 3.57. The van der Waals surface area contributed by atoms with Gasteiger partial charge < -0.3 is 0 Å². The highest BCUT2D eigenvalue weighted by atomic mass is 79.9. The lowest BCUT2D eigenvalue weighted by Gasteiger charge is -1.93. The Morgan fingerprint density at radius 3 is 3.06 bits per heavy atom. The van der Waals surface area contributed by atoms with Crippen LogP contribution in [0.5, 0.6) is 0 Å². The van der Waals surface area contributed by atoms with Crippen molar-refractivity contribution in [2.45, 2.75) is 6.92 Å². The summed E-state index contributed by atoms with van der Waals surface area (Å²) in [7, 11) is 0. The van der Waals surface area contributed by atoms with Crippen LogP contribution in [-0.2, 0) is 0 Å². The fourth-order valence-electron chi connectivity index (χ4n) is 1.14. The molecule has 0 radical (unpaired) electrons. The van der Waals surface area contributed by atoms with E-state index in [1.807, 2.05) is 18.4 Å². The largest absolute Gasteiger partial charge is 0.291 e. The average Bonchev–Trinajstić information content (AvgIpc) is 2.88. The fraction of sp³-hybridized carbons (Fsp3) is 0.100. The maximum Gasteiger partial charge on any atom is 0.291 e. The van der Waals surface area contributed by atoms with Crippen LogP contribution in [0, 0.1) is 6.92 Å². The van der Waals surface area contributed by atoms with Crippen molar-refractivity contribution in [2.75, 3.05) is 0 Å². The minimum Gasteiger partial charge on any atom is -0.282 e. The molecule has 2 aromatic heterocycles. The minimum absolute atomic E-state index is 0.326. The van der Waals surface area contributed by atoms with Gasteiger partial charge in [-0.15, -0.1) is 11.3 Å². The number of rotatable bonds is 3. The standard InChI is InChI=1S/C10H9BrN4OS/c1-6-2-9(14-13-6)10(16)15-12-4-8-3-7(11)5-17-8/h2-5H,1H3,(H,13,14)(H,15,16)/b12-4-. The first-order valence-electron chi connectivity index (χ1n) is 4.74. The number of aryl methyl sites for hydroxylation is 1. The minimum atomic E-state index is -0.332. The number of aromatic amines is 1. The molecular weight excluding hydrogens is 304 g/mol. The zero-order chi connectivity index (χ0) is 12.3. The van der Waals surface area contributed by atoms with Gasteiger partial charge in [-0.05, 0) is 35.0 Å². The van der Waals surface area contributed by atoms with Crippen LogP contribution in [0.4, 0.5) is 0 Å². The molecule has 17 heavy (non-hydrogen) atoms. The number of H-pyrrole nitrogens is 1. The van der Waals surface area contributed by atoms with Gasteiger partial charge in [-0.25, -0.2) is 5.43 Å². The SMILES string of the molecule is Cc1cc(C(=O)N/N=C\c2cc(Br)cs2)n[nH]1. The van der Waals surface area contributed by atoms with E-state index in [-0.39, 0.29) is 5.91 Å². The molecule has 2 aromatic rings. The van der Waals surface area contributed by atoms with Crippen LogP contribution in [0.3, 0.4) is 0 Å². The van der Waals surface area contributed by atoms with Crippen molar-refractivity contribution in [2.24, 2.45) is 5.10 Å². The third kappa shape index (κ3) is 3.24. The van der Waals surface area contributed by atoms with Crippen molar-refractivity contribution in [3.8, 4) is 0 Å². The molecule has 2 N–H and O–H groups in total. The molecule has 0 atom stereocenters. The lowest BCUT2D eigenvalue weighted by atomic mass is 10.4. The van der Waals surface area contributed by atoms with Gasteiger partial charge in [-0.1, -0.05) is 0 Å². The Morgan fingerprint density at radius 1 is 1.65 bits per heavy atom. The highest BCUT2D eigenvalue weighted by Crippen LogP contribution is 2.17. The normalized spacial score (nSPS) is 10.9. The molecule has 0 spiro atoms. The molecule has 0 saturated heterocycles. The van der Waals surface area contributed by atoms with E-state index in [9.17, 15) is 4.79 Å². The number of nitrogens with one attached hydrogen (secondary N) is 2. The zero-order valence-electron chi connectivity index (χ0n) is 8.90. The fourth-order valence-corrected chi connectivity index (χ4v) is 2.45. The quantitative estimate of drug-likeness (QED) is 0.674. The van der Waals surface area contributed by atoms with E-state index >= 15 is 0 Å². The Labute approximate surface area is 110 Å². The highest BCUT2D eigenvalue weighted by molar-refractivity contribution is 9.10. The van der Waals surface area contributed by atoms with Gasteiger partial charge in [-0.3, -0.25) is 9.89 Å². The number of carbonyl (C=O) groups excluding carboxylic acids is 1. The predicted molar refractivity (Wildman–Crippen MR) is 70.4 cm³/mol. The number of nitrogens with zero attached hydrogens (tertiary/aromatic N) is 2. The molecule has 0 aliphatic carbocycles. The van der Waals surface area contributed by atoms with Crippen LogP contribution < -0.4 is 5.43 Å². The van der Waals surface area contributed by atoms with Crippen molar-refractivity contribution in [3.63, 3.8) is 0 Å². The van der Waals surface area contributed by atoms with Crippen LogP contribution in [0.25, 0.3) is 0 Å². The van der Waals surface area contributed by atoms with E-state index in [2.05, 4.69) is 36.7 Å². The first-order valence-corrected chi connectivity index (χ1v) is 6.42. The maximum absolute atomic E-state index is 11.5. The first-order chi connectivity index (χ1) is 8.15. The second kappa shape index (κ2) is 5.24. The second-order valence-electron chi connectivity index (χ2n) is 3.30. The molecular formula is C10H9BrN4OS. The number of amides is 1. The van der Waals surface area contributed by atoms with Gasteiger partial charge in [0.1, 0.15) is 0 Å². The van der Waals surface area contributed by atoms with E-state index in [0.717, 1.165) is 15.0 Å². The van der Waals surface area contributed by atoms with E-state index in [0.29, 0.717) is 5.69 Å². The molecule has 0 aliphatic rings. The smallest absolute Gasteiger partial charge is 0.282 e. The van der Waals surface area contributed by atoms with Gasteiger partial charge in [0.05, 0.1) is 6.21 Å². The molecule has 2 rings (SSSR count). The van der Waals surface area contributed by atoms with E-state index in [4.69, 9.17) is 0 Å². The number of thiophene rings is 1. The van der Waals surface area contributed by atoms with Gasteiger partial charge >= 0.3 is 0 Å². The molecule has 2 heterocycles.